The van der Waals surface area contributed by atoms with Gasteiger partial charge in [-0.15, -0.1) is 0 Å². The molecule has 1 heterocycles. The molecule has 7 heavy (non-hydrogen) atoms. The number of aliphatic hydroxyl groups is 1. The topological polar surface area (TPSA) is 55.5 Å². The number of hydrogen-bond donors (Lipinski definition) is 2. The van der Waals surface area contributed by atoms with Gasteiger partial charge in [0.2, 0.25) is 0 Å². The smallest absolute Gasteiger partial charge is 0.156 e. The highest BCUT2D eigenvalue weighted by Crippen LogP contribution is 2.06. The second-order valence-corrected chi connectivity index (χ2v) is 1.78. The highest BCUT2D eigenvalue weighted by Gasteiger charge is 2.18. The summed E-state index contributed by atoms with van der Waals surface area (Å²) in [6, 6.07) is 0.0509. The van der Waals surface area contributed by atoms with Crippen molar-refractivity contribution >= 4 is 0 Å². The Bertz CT molecular complexity index is 58.7. The molecular formula is C4H9NO2. The SMILES string of the molecule is N[C@H]1CO[C@H](O)C1. The maximum atomic E-state index is 8.60. The molecule has 1 aliphatic rings. The Balaban J connectivity index is 2.26. The molecule has 0 aromatic heterocycles. The van der Waals surface area contributed by atoms with Crippen molar-refractivity contribution in [1.82, 2.24) is 0 Å². The number of nitrogens with two attached hydrogens (primary N) is 1. The van der Waals surface area contributed by atoms with Gasteiger partial charge in [0.05, 0.1) is 6.61 Å². The van der Waals surface area contributed by atoms with E-state index < -0.39 is 6.29 Å². The molecule has 0 spiro atoms. The van der Waals surface area contributed by atoms with Crippen LogP contribution in [0.4, 0.5) is 0 Å². The summed E-state index contributed by atoms with van der Waals surface area (Å²) in [5, 5.41) is 8.60. The van der Waals surface area contributed by atoms with Gasteiger partial charge in [-0.1, -0.05) is 0 Å². The average molecular weight is 103 g/mol. The molecule has 2 atom stereocenters. The zero-order valence-corrected chi connectivity index (χ0v) is 4.00. The summed E-state index contributed by atoms with van der Waals surface area (Å²) in [5.74, 6) is 0. The van der Waals surface area contributed by atoms with Gasteiger partial charge in [-0.05, 0) is 0 Å². The maximum Gasteiger partial charge on any atom is 0.156 e. The molecule has 0 radical (unpaired) electrons. The van der Waals surface area contributed by atoms with Crippen LogP contribution in [-0.4, -0.2) is 24.0 Å². The molecule has 0 bridgehead atoms. The van der Waals surface area contributed by atoms with Crippen molar-refractivity contribution in [3.8, 4) is 0 Å². The lowest BCUT2D eigenvalue weighted by atomic mass is 10.3. The monoisotopic (exact) mass is 103 g/mol. The molecular weight excluding hydrogens is 94.0 g/mol. The molecule has 0 aromatic rings. The normalized spacial score (nSPS) is 42.0. The van der Waals surface area contributed by atoms with Gasteiger partial charge in [0.25, 0.3) is 0 Å². The van der Waals surface area contributed by atoms with Crippen LogP contribution < -0.4 is 5.73 Å². The molecule has 1 saturated heterocycles. The number of aliphatic hydroxyl groups excluding tert-OH is 1. The third-order valence-electron chi connectivity index (χ3n) is 1.01. The summed E-state index contributed by atoms with van der Waals surface area (Å²) >= 11 is 0. The Hall–Kier alpha value is -0.120. The predicted octanol–water partition coefficient (Wildman–Crippen LogP) is -0.948. The Morgan fingerprint density at radius 2 is 2.43 bits per heavy atom. The van der Waals surface area contributed by atoms with Gasteiger partial charge >= 0.3 is 0 Å². The van der Waals surface area contributed by atoms with Crippen molar-refractivity contribution in [1.29, 1.82) is 0 Å². The van der Waals surface area contributed by atoms with E-state index in [1.54, 1.807) is 0 Å². The zero-order chi connectivity index (χ0) is 5.28. The minimum atomic E-state index is -0.602. The molecule has 3 N–H and O–H groups in total. The first-order chi connectivity index (χ1) is 3.29. The van der Waals surface area contributed by atoms with Crippen LogP contribution in [0.25, 0.3) is 0 Å². The van der Waals surface area contributed by atoms with Gasteiger partial charge in [-0.25, -0.2) is 0 Å². The summed E-state index contributed by atoms with van der Waals surface area (Å²) < 4.78 is 4.70. The number of rotatable bonds is 0. The molecule has 1 rings (SSSR count). The highest BCUT2D eigenvalue weighted by molar-refractivity contribution is 4.67. The lowest BCUT2D eigenvalue weighted by Gasteiger charge is -1.94. The minimum Gasteiger partial charge on any atom is -0.368 e. The third-order valence-corrected chi connectivity index (χ3v) is 1.01. The van der Waals surface area contributed by atoms with E-state index in [4.69, 9.17) is 15.6 Å². The summed E-state index contributed by atoms with van der Waals surface area (Å²) in [6.45, 7) is 0.501. The molecule has 0 aliphatic carbocycles. The number of hydrogen-bond acceptors (Lipinski definition) is 3. The van der Waals surface area contributed by atoms with Gasteiger partial charge in [-0.3, -0.25) is 0 Å². The first kappa shape index (κ1) is 5.03. The van der Waals surface area contributed by atoms with E-state index in [0.29, 0.717) is 13.0 Å². The summed E-state index contributed by atoms with van der Waals surface area (Å²) in [4.78, 5) is 0. The van der Waals surface area contributed by atoms with Gasteiger partial charge in [0.15, 0.2) is 6.29 Å². The standard InChI is InChI=1S/C4H9NO2/c5-3-1-4(6)7-2-3/h3-4,6H,1-2,5H2/t3-,4+/m1/s1. The van der Waals surface area contributed by atoms with Crippen LogP contribution in [0.1, 0.15) is 6.42 Å². The lowest BCUT2D eigenvalue weighted by Crippen LogP contribution is -2.19. The number of ether oxygens (including phenoxy) is 1. The summed E-state index contributed by atoms with van der Waals surface area (Å²) in [6.07, 6.45) is -0.0185. The van der Waals surface area contributed by atoms with Crippen LogP contribution >= 0.6 is 0 Å². The maximum absolute atomic E-state index is 8.60. The van der Waals surface area contributed by atoms with Crippen LogP contribution in [-0.2, 0) is 4.74 Å². The predicted molar refractivity (Wildman–Crippen MR) is 24.6 cm³/mol. The Labute approximate surface area is 42.1 Å². The highest BCUT2D eigenvalue weighted by atomic mass is 16.6. The van der Waals surface area contributed by atoms with Crippen LogP contribution in [0.5, 0.6) is 0 Å². The van der Waals surface area contributed by atoms with E-state index in [0.717, 1.165) is 0 Å². The first-order valence-corrected chi connectivity index (χ1v) is 2.34. The largest absolute Gasteiger partial charge is 0.368 e. The van der Waals surface area contributed by atoms with Gasteiger partial charge < -0.3 is 15.6 Å². The average Bonchev–Trinajstić information content (AvgIpc) is 1.87. The van der Waals surface area contributed by atoms with Crippen molar-refractivity contribution in [2.45, 2.75) is 18.8 Å². The molecule has 0 aromatic carbocycles. The summed E-state index contributed by atoms with van der Waals surface area (Å²) in [7, 11) is 0. The Kier molecular flexibility index (Phi) is 1.27. The molecule has 0 amide bonds. The van der Waals surface area contributed by atoms with Crippen molar-refractivity contribution in [2.75, 3.05) is 6.61 Å². The second-order valence-electron chi connectivity index (χ2n) is 1.78. The van der Waals surface area contributed by atoms with Crippen molar-refractivity contribution < 1.29 is 9.84 Å². The van der Waals surface area contributed by atoms with E-state index in [1.807, 2.05) is 0 Å². The summed E-state index contributed by atoms with van der Waals surface area (Å²) in [5.41, 5.74) is 5.34. The van der Waals surface area contributed by atoms with E-state index in [1.165, 1.54) is 0 Å². The van der Waals surface area contributed by atoms with Crippen LogP contribution in [0, 0.1) is 0 Å². The minimum absolute atomic E-state index is 0.0509. The zero-order valence-electron chi connectivity index (χ0n) is 4.00. The molecule has 1 aliphatic heterocycles. The second kappa shape index (κ2) is 1.78. The van der Waals surface area contributed by atoms with Crippen LogP contribution in [0.3, 0.4) is 0 Å². The fourth-order valence-corrected chi connectivity index (χ4v) is 0.630. The Morgan fingerprint density at radius 3 is 2.57 bits per heavy atom. The molecule has 3 nitrogen and oxygen atoms in total. The van der Waals surface area contributed by atoms with Gasteiger partial charge in [0, 0.05) is 12.5 Å². The fourth-order valence-electron chi connectivity index (χ4n) is 0.630. The Morgan fingerprint density at radius 1 is 1.71 bits per heavy atom. The molecule has 42 valence electrons. The van der Waals surface area contributed by atoms with E-state index >= 15 is 0 Å². The molecule has 1 fully saturated rings. The molecule has 0 unspecified atom stereocenters. The van der Waals surface area contributed by atoms with Crippen molar-refractivity contribution in [3.63, 3.8) is 0 Å². The van der Waals surface area contributed by atoms with Crippen molar-refractivity contribution in [2.24, 2.45) is 5.73 Å². The first-order valence-electron chi connectivity index (χ1n) is 2.34. The van der Waals surface area contributed by atoms with Gasteiger partial charge in [-0.2, -0.15) is 0 Å². The van der Waals surface area contributed by atoms with E-state index in [9.17, 15) is 0 Å². The molecule has 3 heteroatoms. The van der Waals surface area contributed by atoms with Crippen LogP contribution in [0.15, 0.2) is 0 Å². The van der Waals surface area contributed by atoms with E-state index in [-0.39, 0.29) is 6.04 Å². The quantitative estimate of drug-likeness (QED) is 0.415. The lowest BCUT2D eigenvalue weighted by molar-refractivity contribution is -0.0589. The fraction of sp³-hybridized carbons (Fsp3) is 1.00. The molecule has 0 saturated carbocycles. The van der Waals surface area contributed by atoms with Crippen LogP contribution in [0.2, 0.25) is 0 Å². The van der Waals surface area contributed by atoms with Crippen molar-refractivity contribution in [3.05, 3.63) is 0 Å². The third kappa shape index (κ3) is 1.12. The van der Waals surface area contributed by atoms with Gasteiger partial charge in [0.1, 0.15) is 0 Å². The van der Waals surface area contributed by atoms with E-state index in [2.05, 4.69) is 0 Å².